The molecule has 0 aromatic heterocycles. The van der Waals surface area contributed by atoms with Crippen LogP contribution in [-0.2, 0) is 0 Å². The summed E-state index contributed by atoms with van der Waals surface area (Å²) in [5.41, 5.74) is 7.27. The van der Waals surface area contributed by atoms with Gasteiger partial charge in [0.25, 0.3) is 5.91 Å². The van der Waals surface area contributed by atoms with Gasteiger partial charge < -0.3 is 20.5 Å². The first kappa shape index (κ1) is 14.7. The number of nitrogen functional groups attached to an aromatic ring is 1. The Balaban J connectivity index is 2.41. The molecule has 110 valence electrons. The molecule has 0 bridgehead atoms. The normalized spacial score (nSPS) is 10.2. The van der Waals surface area contributed by atoms with E-state index in [2.05, 4.69) is 0 Å². The average molecular weight is 286 g/mol. The van der Waals surface area contributed by atoms with Crippen molar-refractivity contribution in [2.24, 2.45) is 0 Å². The van der Waals surface area contributed by atoms with E-state index in [1.807, 2.05) is 6.92 Å². The van der Waals surface area contributed by atoms with Crippen molar-refractivity contribution < 1.29 is 14.6 Å². The van der Waals surface area contributed by atoms with Gasteiger partial charge in [0.05, 0.1) is 12.7 Å². The van der Waals surface area contributed by atoms with Gasteiger partial charge in [-0.05, 0) is 37.3 Å². The van der Waals surface area contributed by atoms with E-state index in [0.717, 1.165) is 0 Å². The lowest BCUT2D eigenvalue weighted by molar-refractivity contribution is 0.0989. The van der Waals surface area contributed by atoms with Crippen molar-refractivity contribution in [3.05, 3.63) is 48.0 Å². The predicted molar refractivity (Wildman–Crippen MR) is 82.9 cm³/mol. The number of phenols is 1. The van der Waals surface area contributed by atoms with Crippen molar-refractivity contribution in [1.29, 1.82) is 0 Å². The zero-order chi connectivity index (χ0) is 15.4. The van der Waals surface area contributed by atoms with Crippen LogP contribution in [0.25, 0.3) is 0 Å². The van der Waals surface area contributed by atoms with Crippen LogP contribution in [0.4, 0.5) is 11.4 Å². The number of nitrogens with zero attached hydrogens (tertiary/aromatic N) is 1. The van der Waals surface area contributed by atoms with Gasteiger partial charge >= 0.3 is 0 Å². The molecule has 0 aliphatic rings. The molecule has 0 saturated carbocycles. The van der Waals surface area contributed by atoms with E-state index in [0.29, 0.717) is 29.2 Å². The zero-order valence-corrected chi connectivity index (χ0v) is 12.0. The lowest BCUT2D eigenvalue weighted by Crippen LogP contribution is -2.31. The van der Waals surface area contributed by atoms with Gasteiger partial charge in [0.15, 0.2) is 0 Å². The van der Waals surface area contributed by atoms with E-state index in [1.165, 1.54) is 13.2 Å². The van der Waals surface area contributed by atoms with Crippen LogP contribution in [0.3, 0.4) is 0 Å². The molecule has 0 unspecified atom stereocenters. The van der Waals surface area contributed by atoms with Crippen LogP contribution in [0.2, 0.25) is 0 Å². The second-order valence-corrected chi connectivity index (χ2v) is 4.52. The molecule has 3 N–H and O–H groups in total. The minimum atomic E-state index is -0.237. The van der Waals surface area contributed by atoms with Crippen molar-refractivity contribution in [3.63, 3.8) is 0 Å². The lowest BCUT2D eigenvalue weighted by Gasteiger charge is -2.22. The molecule has 0 aliphatic heterocycles. The van der Waals surface area contributed by atoms with E-state index >= 15 is 0 Å². The summed E-state index contributed by atoms with van der Waals surface area (Å²) < 4.78 is 5.13. The Kier molecular flexibility index (Phi) is 4.33. The summed E-state index contributed by atoms with van der Waals surface area (Å²) in [6.07, 6.45) is 0. The number of aromatic hydroxyl groups is 1. The molecule has 0 radical (unpaired) electrons. The summed E-state index contributed by atoms with van der Waals surface area (Å²) >= 11 is 0. The Morgan fingerprint density at radius 1 is 1.29 bits per heavy atom. The van der Waals surface area contributed by atoms with Gasteiger partial charge in [-0.15, -0.1) is 0 Å². The van der Waals surface area contributed by atoms with E-state index in [4.69, 9.17) is 10.5 Å². The molecule has 21 heavy (non-hydrogen) atoms. The molecule has 5 heteroatoms. The number of amides is 1. The molecule has 0 atom stereocenters. The monoisotopic (exact) mass is 286 g/mol. The number of methoxy groups -OCH3 is 1. The first-order valence-electron chi connectivity index (χ1n) is 6.61. The van der Waals surface area contributed by atoms with Gasteiger partial charge in [0.2, 0.25) is 0 Å². The largest absolute Gasteiger partial charge is 0.508 e. The van der Waals surface area contributed by atoms with Gasteiger partial charge in [0, 0.05) is 24.0 Å². The summed E-state index contributed by atoms with van der Waals surface area (Å²) in [5.74, 6) is 0.441. The molecule has 0 saturated heterocycles. The molecular formula is C16H18N2O3. The summed E-state index contributed by atoms with van der Waals surface area (Å²) in [7, 11) is 1.53. The summed E-state index contributed by atoms with van der Waals surface area (Å²) in [5, 5.41) is 9.56. The molecule has 5 nitrogen and oxygen atoms in total. The topological polar surface area (TPSA) is 75.8 Å². The van der Waals surface area contributed by atoms with E-state index < -0.39 is 0 Å². The zero-order valence-electron chi connectivity index (χ0n) is 12.0. The molecule has 1 amide bonds. The van der Waals surface area contributed by atoms with E-state index in [9.17, 15) is 9.90 Å². The van der Waals surface area contributed by atoms with Crippen LogP contribution in [0, 0.1) is 0 Å². The number of nitrogens with two attached hydrogens (primary N) is 1. The number of benzene rings is 2. The smallest absolute Gasteiger partial charge is 0.260 e. The highest BCUT2D eigenvalue weighted by atomic mass is 16.5. The highest BCUT2D eigenvalue weighted by Gasteiger charge is 2.19. The SMILES string of the molecule is CCN(C(=O)c1cc(OC)ccc1N)c1cccc(O)c1. The van der Waals surface area contributed by atoms with Crippen molar-refractivity contribution in [2.75, 3.05) is 24.3 Å². The fourth-order valence-electron chi connectivity index (χ4n) is 2.10. The second kappa shape index (κ2) is 6.17. The molecule has 0 spiro atoms. The van der Waals surface area contributed by atoms with Crippen molar-refractivity contribution >= 4 is 17.3 Å². The molecule has 0 fully saturated rings. The van der Waals surface area contributed by atoms with Crippen LogP contribution in [0.15, 0.2) is 42.5 Å². The summed E-state index contributed by atoms with van der Waals surface area (Å²) in [6.45, 7) is 2.32. The number of ether oxygens (including phenoxy) is 1. The van der Waals surface area contributed by atoms with Gasteiger partial charge in [-0.25, -0.2) is 0 Å². The lowest BCUT2D eigenvalue weighted by atomic mass is 10.1. The second-order valence-electron chi connectivity index (χ2n) is 4.52. The Morgan fingerprint density at radius 2 is 2.05 bits per heavy atom. The highest BCUT2D eigenvalue weighted by Crippen LogP contribution is 2.25. The fraction of sp³-hybridized carbons (Fsp3) is 0.188. The standard InChI is InChI=1S/C16H18N2O3/c1-3-18(11-5-4-6-12(19)9-11)16(20)14-10-13(21-2)7-8-15(14)17/h4-10,19H,3,17H2,1-2H3. The van der Waals surface area contributed by atoms with Gasteiger partial charge in [0.1, 0.15) is 11.5 Å². The first-order valence-corrected chi connectivity index (χ1v) is 6.61. The Labute approximate surface area is 123 Å². The third kappa shape index (κ3) is 3.08. The van der Waals surface area contributed by atoms with E-state index in [1.54, 1.807) is 41.3 Å². The minimum Gasteiger partial charge on any atom is -0.508 e. The maximum absolute atomic E-state index is 12.7. The summed E-state index contributed by atoms with van der Waals surface area (Å²) in [4.78, 5) is 14.2. The minimum absolute atomic E-state index is 0.109. The number of hydrogen-bond donors (Lipinski definition) is 2. The number of carbonyl (C=O) groups is 1. The van der Waals surface area contributed by atoms with Crippen LogP contribution < -0.4 is 15.4 Å². The quantitative estimate of drug-likeness (QED) is 0.847. The van der Waals surface area contributed by atoms with Gasteiger partial charge in [-0.3, -0.25) is 4.79 Å². The van der Waals surface area contributed by atoms with Crippen molar-refractivity contribution in [2.45, 2.75) is 6.92 Å². The Hall–Kier alpha value is -2.69. The van der Waals surface area contributed by atoms with Crippen molar-refractivity contribution in [1.82, 2.24) is 0 Å². The van der Waals surface area contributed by atoms with Crippen LogP contribution in [0.1, 0.15) is 17.3 Å². The van der Waals surface area contributed by atoms with Crippen LogP contribution in [-0.4, -0.2) is 24.7 Å². The third-order valence-corrected chi connectivity index (χ3v) is 3.19. The fourth-order valence-corrected chi connectivity index (χ4v) is 2.10. The molecule has 2 rings (SSSR count). The highest BCUT2D eigenvalue weighted by molar-refractivity contribution is 6.09. The molecule has 2 aromatic carbocycles. The molecule has 0 aliphatic carbocycles. The van der Waals surface area contributed by atoms with Gasteiger partial charge in [-0.1, -0.05) is 6.07 Å². The van der Waals surface area contributed by atoms with E-state index in [-0.39, 0.29) is 11.7 Å². The molecule has 2 aromatic rings. The average Bonchev–Trinajstić information content (AvgIpc) is 2.48. The Morgan fingerprint density at radius 3 is 2.67 bits per heavy atom. The summed E-state index contributed by atoms with van der Waals surface area (Å²) in [6, 6.07) is 11.5. The number of rotatable bonds is 4. The molecular weight excluding hydrogens is 268 g/mol. The number of hydrogen-bond acceptors (Lipinski definition) is 4. The maximum Gasteiger partial charge on any atom is 0.260 e. The third-order valence-electron chi connectivity index (χ3n) is 3.19. The first-order chi connectivity index (χ1) is 10.1. The maximum atomic E-state index is 12.7. The predicted octanol–water partition coefficient (Wildman–Crippen LogP) is 2.65. The Bertz CT molecular complexity index is 656. The number of phenolic OH excluding ortho intramolecular Hbond substituents is 1. The van der Waals surface area contributed by atoms with Crippen molar-refractivity contribution in [3.8, 4) is 11.5 Å². The molecule has 0 heterocycles. The van der Waals surface area contributed by atoms with Crippen LogP contribution >= 0.6 is 0 Å². The van der Waals surface area contributed by atoms with Gasteiger partial charge in [-0.2, -0.15) is 0 Å². The number of carbonyl (C=O) groups excluding carboxylic acids is 1. The number of anilines is 2. The van der Waals surface area contributed by atoms with Crippen LogP contribution in [0.5, 0.6) is 11.5 Å².